The summed E-state index contributed by atoms with van der Waals surface area (Å²) in [4.78, 5) is 13.2. The molecule has 1 saturated heterocycles. The molecule has 5 nitrogen and oxygen atoms in total. The summed E-state index contributed by atoms with van der Waals surface area (Å²) in [5, 5.41) is 10.5. The van der Waals surface area contributed by atoms with Gasteiger partial charge in [-0.05, 0) is 32.8 Å². The van der Waals surface area contributed by atoms with E-state index in [1.165, 1.54) is 0 Å². The minimum atomic E-state index is -3.22. The number of hydrogen-bond acceptors (Lipinski definition) is 4. The molecule has 0 aliphatic carbocycles. The fourth-order valence-electron chi connectivity index (χ4n) is 2.99. The highest BCUT2D eigenvalue weighted by atomic mass is 19.3. The van der Waals surface area contributed by atoms with Crippen molar-refractivity contribution in [3.05, 3.63) is 35.9 Å². The third-order valence-corrected chi connectivity index (χ3v) is 4.16. The zero-order valence-corrected chi connectivity index (χ0v) is 14.8. The van der Waals surface area contributed by atoms with Crippen LogP contribution in [-0.4, -0.2) is 52.4 Å². The number of likely N-dealkylation sites (tertiary alicyclic amines) is 1. The molecule has 2 rings (SSSR count). The van der Waals surface area contributed by atoms with Gasteiger partial charge in [0.2, 0.25) is 0 Å². The third-order valence-electron chi connectivity index (χ3n) is 4.16. The minimum absolute atomic E-state index is 0.179. The Hall–Kier alpha value is -1.73. The average Bonchev–Trinajstić information content (AvgIpc) is 2.81. The molecule has 0 spiro atoms. The van der Waals surface area contributed by atoms with Gasteiger partial charge in [-0.1, -0.05) is 30.3 Å². The van der Waals surface area contributed by atoms with E-state index in [0.717, 1.165) is 10.5 Å². The molecule has 0 saturated carbocycles. The van der Waals surface area contributed by atoms with E-state index in [1.807, 2.05) is 30.3 Å². The highest BCUT2D eigenvalue weighted by Crippen LogP contribution is 2.37. The van der Waals surface area contributed by atoms with Crippen LogP contribution in [0.3, 0.4) is 0 Å². The standard InChI is InChI=1S/C18H26F2N2O3/c1-17(2,3)25-16(24)22-10-9-18(19,20)15(22)14(23)13(21)11-12-7-5-4-6-8-12/h4-8,13-15,23H,9-11,21H2,1-3H3/t13-,14-,15-/m0/s1. The Balaban J connectivity index is 2.15. The number of aliphatic hydroxyl groups is 1. The van der Waals surface area contributed by atoms with Crippen molar-refractivity contribution in [2.75, 3.05) is 6.54 Å². The van der Waals surface area contributed by atoms with Gasteiger partial charge in [0.05, 0.1) is 6.10 Å². The maximum atomic E-state index is 14.3. The second-order valence-electron chi connectivity index (χ2n) is 7.47. The van der Waals surface area contributed by atoms with E-state index < -0.39 is 42.2 Å². The molecule has 0 aromatic heterocycles. The highest BCUT2D eigenvalue weighted by Gasteiger charge is 2.55. The fourth-order valence-corrected chi connectivity index (χ4v) is 2.99. The van der Waals surface area contributed by atoms with E-state index in [4.69, 9.17) is 10.5 Å². The summed E-state index contributed by atoms with van der Waals surface area (Å²) < 4.78 is 33.9. The number of amides is 1. The number of halogens is 2. The molecule has 25 heavy (non-hydrogen) atoms. The van der Waals surface area contributed by atoms with Gasteiger partial charge in [-0.3, -0.25) is 4.90 Å². The quantitative estimate of drug-likeness (QED) is 0.869. The van der Waals surface area contributed by atoms with E-state index >= 15 is 0 Å². The van der Waals surface area contributed by atoms with Gasteiger partial charge < -0.3 is 15.6 Å². The number of aliphatic hydroxyl groups excluding tert-OH is 1. The Labute approximate surface area is 146 Å². The number of alkyl halides is 2. The van der Waals surface area contributed by atoms with Crippen molar-refractivity contribution >= 4 is 6.09 Å². The maximum absolute atomic E-state index is 14.3. The average molecular weight is 356 g/mol. The first-order valence-corrected chi connectivity index (χ1v) is 8.36. The van der Waals surface area contributed by atoms with Crippen LogP contribution in [0.2, 0.25) is 0 Å². The molecule has 1 aliphatic heterocycles. The lowest BCUT2D eigenvalue weighted by atomic mass is 9.94. The smallest absolute Gasteiger partial charge is 0.410 e. The number of carbonyl (C=O) groups excluding carboxylic acids is 1. The number of hydrogen-bond donors (Lipinski definition) is 2. The summed E-state index contributed by atoms with van der Waals surface area (Å²) in [5.74, 6) is -3.22. The topological polar surface area (TPSA) is 75.8 Å². The lowest BCUT2D eigenvalue weighted by Gasteiger charge is -2.35. The second kappa shape index (κ2) is 7.25. The van der Waals surface area contributed by atoms with E-state index in [-0.39, 0.29) is 13.0 Å². The summed E-state index contributed by atoms with van der Waals surface area (Å²) in [6.07, 6.45) is -2.71. The lowest BCUT2D eigenvalue weighted by molar-refractivity contribution is -0.0880. The minimum Gasteiger partial charge on any atom is -0.444 e. The zero-order chi connectivity index (χ0) is 18.8. The molecular weight excluding hydrogens is 330 g/mol. The molecule has 1 fully saturated rings. The Morgan fingerprint density at radius 2 is 2.00 bits per heavy atom. The van der Waals surface area contributed by atoms with Crippen LogP contribution in [0.25, 0.3) is 0 Å². The number of carbonyl (C=O) groups is 1. The molecule has 1 aliphatic rings. The molecule has 0 radical (unpaired) electrons. The molecule has 140 valence electrons. The molecule has 0 bridgehead atoms. The maximum Gasteiger partial charge on any atom is 0.410 e. The van der Waals surface area contributed by atoms with Crippen LogP contribution in [-0.2, 0) is 11.2 Å². The SMILES string of the molecule is CC(C)(C)OC(=O)N1CCC(F)(F)[C@@H]1[C@@H](O)[C@@H](N)Cc1ccccc1. The van der Waals surface area contributed by atoms with E-state index in [1.54, 1.807) is 20.8 Å². The summed E-state index contributed by atoms with van der Waals surface area (Å²) in [5.41, 5.74) is 6.00. The van der Waals surface area contributed by atoms with Gasteiger partial charge in [0.15, 0.2) is 0 Å². The number of rotatable bonds is 4. The summed E-state index contributed by atoms with van der Waals surface area (Å²) in [6, 6.07) is 6.45. The zero-order valence-electron chi connectivity index (χ0n) is 14.8. The first kappa shape index (κ1) is 19.6. The number of ether oxygens (including phenoxy) is 1. The van der Waals surface area contributed by atoms with Crippen LogP contribution in [0.1, 0.15) is 32.8 Å². The molecule has 0 unspecified atom stereocenters. The lowest BCUT2D eigenvalue weighted by Crippen LogP contribution is -2.57. The van der Waals surface area contributed by atoms with E-state index in [2.05, 4.69) is 0 Å². The Kier molecular flexibility index (Phi) is 5.68. The first-order valence-electron chi connectivity index (χ1n) is 8.36. The predicted octanol–water partition coefficient (Wildman–Crippen LogP) is 2.56. The van der Waals surface area contributed by atoms with Crippen molar-refractivity contribution in [2.24, 2.45) is 5.73 Å². The Morgan fingerprint density at radius 3 is 2.56 bits per heavy atom. The first-order chi connectivity index (χ1) is 11.5. The highest BCUT2D eigenvalue weighted by molar-refractivity contribution is 5.69. The van der Waals surface area contributed by atoms with Crippen molar-refractivity contribution in [1.82, 2.24) is 4.90 Å². The number of benzene rings is 1. The third kappa shape index (κ3) is 4.89. The predicted molar refractivity (Wildman–Crippen MR) is 90.4 cm³/mol. The number of nitrogens with zero attached hydrogens (tertiary/aromatic N) is 1. The van der Waals surface area contributed by atoms with Crippen molar-refractivity contribution in [3.63, 3.8) is 0 Å². The molecule has 7 heteroatoms. The van der Waals surface area contributed by atoms with Gasteiger partial charge in [0.1, 0.15) is 11.6 Å². The van der Waals surface area contributed by atoms with Gasteiger partial charge in [0.25, 0.3) is 5.92 Å². The van der Waals surface area contributed by atoms with Crippen molar-refractivity contribution in [3.8, 4) is 0 Å². The molecule has 1 aromatic rings. The summed E-state index contributed by atoms with van der Waals surface area (Å²) in [7, 11) is 0. The van der Waals surface area contributed by atoms with Crippen LogP contribution in [0.15, 0.2) is 30.3 Å². The van der Waals surface area contributed by atoms with E-state index in [0.29, 0.717) is 0 Å². The largest absolute Gasteiger partial charge is 0.444 e. The van der Waals surface area contributed by atoms with Crippen LogP contribution in [0.4, 0.5) is 13.6 Å². The van der Waals surface area contributed by atoms with Crippen LogP contribution >= 0.6 is 0 Å². The van der Waals surface area contributed by atoms with Gasteiger partial charge in [-0.2, -0.15) is 0 Å². The Bertz CT molecular complexity index is 590. The fraction of sp³-hybridized carbons (Fsp3) is 0.611. The van der Waals surface area contributed by atoms with Gasteiger partial charge in [0, 0.05) is 19.0 Å². The van der Waals surface area contributed by atoms with Crippen molar-refractivity contribution in [1.29, 1.82) is 0 Å². The molecule has 1 heterocycles. The summed E-state index contributed by atoms with van der Waals surface area (Å²) >= 11 is 0. The Morgan fingerprint density at radius 1 is 1.40 bits per heavy atom. The molecule has 1 aromatic carbocycles. The van der Waals surface area contributed by atoms with Crippen LogP contribution < -0.4 is 5.73 Å². The van der Waals surface area contributed by atoms with Gasteiger partial charge in [-0.25, -0.2) is 13.6 Å². The van der Waals surface area contributed by atoms with Gasteiger partial charge >= 0.3 is 6.09 Å². The molecule has 1 amide bonds. The van der Waals surface area contributed by atoms with E-state index in [9.17, 15) is 18.7 Å². The van der Waals surface area contributed by atoms with Crippen molar-refractivity contribution in [2.45, 2.75) is 63.3 Å². The van der Waals surface area contributed by atoms with Crippen LogP contribution in [0.5, 0.6) is 0 Å². The van der Waals surface area contributed by atoms with Crippen molar-refractivity contribution < 1.29 is 23.4 Å². The second-order valence-corrected chi connectivity index (χ2v) is 7.47. The molecule has 3 N–H and O–H groups in total. The monoisotopic (exact) mass is 356 g/mol. The summed E-state index contributed by atoms with van der Waals surface area (Å²) in [6.45, 7) is 4.80. The number of nitrogens with two attached hydrogens (primary N) is 1. The molecular formula is C18H26F2N2O3. The van der Waals surface area contributed by atoms with Gasteiger partial charge in [-0.15, -0.1) is 0 Å². The van der Waals surface area contributed by atoms with Crippen LogP contribution in [0, 0.1) is 0 Å². The normalized spacial score (nSPS) is 22.5. The molecule has 3 atom stereocenters.